The molecule has 2 atom stereocenters. The number of aliphatic hydroxyl groups is 1. The molecule has 1 saturated heterocycles. The number of nitrogens with one attached hydrogen (secondary N) is 1. The number of amides is 1. The Morgan fingerprint density at radius 3 is 2.67 bits per heavy atom. The first-order chi connectivity index (χ1) is 11.7. The Kier molecular flexibility index (Phi) is 5.56. The van der Waals surface area contributed by atoms with Gasteiger partial charge in [0.15, 0.2) is 0 Å². The summed E-state index contributed by atoms with van der Waals surface area (Å²) in [7, 11) is 0. The summed E-state index contributed by atoms with van der Waals surface area (Å²) in [5, 5.41) is 12.8. The Bertz CT molecular complexity index is 648. The van der Waals surface area contributed by atoms with Crippen molar-refractivity contribution in [3.05, 3.63) is 66.0 Å². The lowest BCUT2D eigenvalue weighted by atomic mass is 10.1. The van der Waals surface area contributed by atoms with E-state index in [0.29, 0.717) is 26.1 Å². The zero-order valence-corrected chi connectivity index (χ0v) is 13.6. The Morgan fingerprint density at radius 1 is 1.21 bits per heavy atom. The van der Waals surface area contributed by atoms with Crippen LogP contribution in [0.2, 0.25) is 0 Å². The highest BCUT2D eigenvalue weighted by Gasteiger charge is 2.31. The largest absolute Gasteiger partial charge is 0.392 e. The molecule has 1 aromatic carbocycles. The van der Waals surface area contributed by atoms with Crippen molar-refractivity contribution < 1.29 is 9.90 Å². The molecule has 1 fully saturated rings. The molecular formula is C19H23N3O2. The monoisotopic (exact) mass is 325 g/mol. The van der Waals surface area contributed by atoms with Crippen molar-refractivity contribution in [3.8, 4) is 0 Å². The van der Waals surface area contributed by atoms with Crippen molar-refractivity contribution in [2.24, 2.45) is 0 Å². The molecular weight excluding hydrogens is 302 g/mol. The van der Waals surface area contributed by atoms with Crippen LogP contribution in [-0.2, 0) is 17.8 Å². The van der Waals surface area contributed by atoms with Gasteiger partial charge < -0.3 is 15.3 Å². The van der Waals surface area contributed by atoms with Crippen molar-refractivity contribution in [2.75, 3.05) is 13.1 Å². The summed E-state index contributed by atoms with van der Waals surface area (Å²) in [6.45, 7) is 1.66. The number of aromatic nitrogens is 1. The molecule has 5 heteroatoms. The lowest BCUT2D eigenvalue weighted by Crippen LogP contribution is -2.44. The van der Waals surface area contributed by atoms with E-state index in [-0.39, 0.29) is 11.9 Å². The molecule has 2 aromatic rings. The minimum Gasteiger partial charge on any atom is -0.392 e. The van der Waals surface area contributed by atoms with Crippen LogP contribution in [0, 0.1) is 0 Å². The maximum atomic E-state index is 12.8. The van der Waals surface area contributed by atoms with Crippen molar-refractivity contribution >= 4 is 5.91 Å². The van der Waals surface area contributed by atoms with Crippen molar-refractivity contribution in [1.82, 2.24) is 15.2 Å². The van der Waals surface area contributed by atoms with E-state index in [4.69, 9.17) is 0 Å². The van der Waals surface area contributed by atoms with E-state index < -0.39 is 6.10 Å². The molecule has 2 heterocycles. The number of hydrogen-bond acceptors (Lipinski definition) is 4. The van der Waals surface area contributed by atoms with Crippen LogP contribution in [0.5, 0.6) is 0 Å². The molecule has 24 heavy (non-hydrogen) atoms. The fourth-order valence-corrected chi connectivity index (χ4v) is 3.01. The van der Waals surface area contributed by atoms with Gasteiger partial charge in [-0.2, -0.15) is 0 Å². The van der Waals surface area contributed by atoms with Crippen LogP contribution in [0.1, 0.15) is 17.5 Å². The maximum Gasteiger partial charge on any atom is 0.240 e. The van der Waals surface area contributed by atoms with Crippen molar-refractivity contribution in [3.63, 3.8) is 0 Å². The van der Waals surface area contributed by atoms with Gasteiger partial charge in [0.1, 0.15) is 0 Å². The van der Waals surface area contributed by atoms with E-state index in [9.17, 15) is 9.90 Å². The number of nitrogens with zero attached hydrogens (tertiary/aromatic N) is 2. The number of rotatable bonds is 6. The Labute approximate surface area is 142 Å². The topological polar surface area (TPSA) is 65.5 Å². The number of benzene rings is 1. The Balaban J connectivity index is 1.69. The van der Waals surface area contributed by atoms with Gasteiger partial charge in [-0.25, -0.2) is 0 Å². The van der Waals surface area contributed by atoms with Crippen LogP contribution in [0.25, 0.3) is 0 Å². The third-order valence-corrected chi connectivity index (χ3v) is 4.33. The summed E-state index contributed by atoms with van der Waals surface area (Å²) in [4.78, 5) is 18.8. The van der Waals surface area contributed by atoms with Crippen molar-refractivity contribution in [1.29, 1.82) is 0 Å². The smallest absolute Gasteiger partial charge is 0.240 e. The van der Waals surface area contributed by atoms with Crippen LogP contribution < -0.4 is 5.32 Å². The van der Waals surface area contributed by atoms with E-state index in [1.54, 1.807) is 12.4 Å². The number of hydrogen-bond donors (Lipinski definition) is 2. The quantitative estimate of drug-likeness (QED) is 0.842. The fraction of sp³-hybridized carbons (Fsp3) is 0.368. The number of β-amino-alcohol motifs (C(OH)–C–C–N with tert-alkyl or cyclic N) is 1. The minimum atomic E-state index is -0.437. The van der Waals surface area contributed by atoms with Gasteiger partial charge in [0.05, 0.1) is 12.1 Å². The first-order valence-electron chi connectivity index (χ1n) is 8.35. The van der Waals surface area contributed by atoms with Crippen LogP contribution in [0.15, 0.2) is 54.9 Å². The molecule has 3 rings (SSSR count). The van der Waals surface area contributed by atoms with Gasteiger partial charge in [0, 0.05) is 32.0 Å². The predicted octanol–water partition coefficient (Wildman–Crippen LogP) is 1.38. The molecule has 0 bridgehead atoms. The Morgan fingerprint density at radius 2 is 2.00 bits per heavy atom. The fourth-order valence-electron chi connectivity index (χ4n) is 3.01. The van der Waals surface area contributed by atoms with Gasteiger partial charge in [-0.15, -0.1) is 0 Å². The average molecular weight is 325 g/mol. The second-order valence-corrected chi connectivity index (χ2v) is 6.21. The highest BCUT2D eigenvalue weighted by Crippen LogP contribution is 2.13. The molecule has 1 aliphatic rings. The summed E-state index contributed by atoms with van der Waals surface area (Å²) in [5.74, 6) is 0.0475. The van der Waals surface area contributed by atoms with Gasteiger partial charge in [0.2, 0.25) is 5.91 Å². The lowest BCUT2D eigenvalue weighted by Gasteiger charge is -2.26. The molecule has 0 saturated carbocycles. The number of pyridine rings is 1. The second-order valence-electron chi connectivity index (χ2n) is 6.21. The molecule has 126 valence electrons. The van der Waals surface area contributed by atoms with E-state index in [2.05, 4.69) is 22.4 Å². The third kappa shape index (κ3) is 4.40. The molecule has 1 amide bonds. The molecule has 1 aliphatic heterocycles. The van der Waals surface area contributed by atoms with Gasteiger partial charge in [-0.1, -0.05) is 36.4 Å². The lowest BCUT2D eigenvalue weighted by molar-refractivity contribution is -0.133. The molecule has 0 radical (unpaired) electrons. The van der Waals surface area contributed by atoms with Gasteiger partial charge in [0.25, 0.3) is 0 Å². The zero-order chi connectivity index (χ0) is 16.8. The molecule has 0 aliphatic carbocycles. The van der Waals surface area contributed by atoms with E-state index >= 15 is 0 Å². The van der Waals surface area contributed by atoms with E-state index in [0.717, 1.165) is 12.0 Å². The molecule has 5 nitrogen and oxygen atoms in total. The van der Waals surface area contributed by atoms with E-state index in [1.807, 2.05) is 35.2 Å². The van der Waals surface area contributed by atoms with Crippen LogP contribution in [0.4, 0.5) is 0 Å². The second kappa shape index (κ2) is 8.04. The molecule has 0 spiro atoms. The first kappa shape index (κ1) is 16.6. The summed E-state index contributed by atoms with van der Waals surface area (Å²) in [5.41, 5.74) is 2.22. The normalized spacial score (nSPS) is 20.0. The van der Waals surface area contributed by atoms with Gasteiger partial charge in [-0.3, -0.25) is 9.78 Å². The molecule has 2 N–H and O–H groups in total. The zero-order valence-electron chi connectivity index (χ0n) is 13.6. The molecule has 1 aromatic heterocycles. The minimum absolute atomic E-state index is 0.0475. The number of aliphatic hydroxyl groups excluding tert-OH is 1. The predicted molar refractivity (Wildman–Crippen MR) is 92.2 cm³/mol. The molecule has 0 unspecified atom stereocenters. The van der Waals surface area contributed by atoms with Gasteiger partial charge in [-0.05, 0) is 30.0 Å². The highest BCUT2D eigenvalue weighted by molar-refractivity contribution is 5.82. The third-order valence-electron chi connectivity index (χ3n) is 4.33. The summed E-state index contributed by atoms with van der Waals surface area (Å²) in [6.07, 6.45) is 4.37. The number of carbonyl (C=O) groups is 1. The van der Waals surface area contributed by atoms with Crippen LogP contribution >= 0.6 is 0 Å². The summed E-state index contributed by atoms with van der Waals surface area (Å²) >= 11 is 0. The standard InChI is InChI=1S/C19H23N3O2/c23-17-11-18(21-13-17)19(24)22(14-16-7-4-9-20-12-16)10-8-15-5-2-1-3-6-15/h1-7,9,12,17-18,21,23H,8,10-11,13-14H2/t17-,18+/m1/s1. The summed E-state index contributed by atoms with van der Waals surface area (Å²) in [6, 6.07) is 13.7. The number of carbonyl (C=O) groups excluding carboxylic acids is 1. The van der Waals surface area contributed by atoms with E-state index in [1.165, 1.54) is 5.56 Å². The van der Waals surface area contributed by atoms with Crippen LogP contribution in [-0.4, -0.2) is 46.1 Å². The Hall–Kier alpha value is -2.24. The summed E-state index contributed by atoms with van der Waals surface area (Å²) < 4.78 is 0. The van der Waals surface area contributed by atoms with Crippen molar-refractivity contribution in [2.45, 2.75) is 31.5 Å². The average Bonchev–Trinajstić information content (AvgIpc) is 3.06. The SMILES string of the molecule is O=C([C@@H]1C[C@@H](O)CN1)N(CCc1ccccc1)Cc1cccnc1. The van der Waals surface area contributed by atoms with Gasteiger partial charge >= 0.3 is 0 Å². The first-order valence-corrected chi connectivity index (χ1v) is 8.35. The highest BCUT2D eigenvalue weighted by atomic mass is 16.3. The van der Waals surface area contributed by atoms with Crippen LogP contribution in [0.3, 0.4) is 0 Å². The maximum absolute atomic E-state index is 12.8.